The molecule has 0 unspecified atom stereocenters. The van der Waals surface area contributed by atoms with Crippen molar-refractivity contribution in [2.75, 3.05) is 18.9 Å². The summed E-state index contributed by atoms with van der Waals surface area (Å²) in [5, 5.41) is 11.2. The Balaban J connectivity index is 2.45. The van der Waals surface area contributed by atoms with E-state index >= 15 is 0 Å². The van der Waals surface area contributed by atoms with Gasteiger partial charge >= 0.3 is 0 Å². The fourth-order valence-electron chi connectivity index (χ4n) is 1.35. The van der Waals surface area contributed by atoms with Gasteiger partial charge in [0.1, 0.15) is 0 Å². The Bertz CT molecular complexity index is 366. The molecule has 0 spiro atoms. The van der Waals surface area contributed by atoms with Gasteiger partial charge in [0.15, 0.2) is 0 Å². The number of benzene rings is 1. The van der Waals surface area contributed by atoms with Gasteiger partial charge in [-0.3, -0.25) is 4.79 Å². The van der Waals surface area contributed by atoms with Crippen molar-refractivity contribution >= 4 is 17.7 Å². The molecule has 4 heteroatoms. The molecule has 0 atom stereocenters. The standard InChI is InChI=1S/C12H17NO2S/c1-9-3-4-11(10(2)7-9)16-8-12(15)13-5-6-14/h3-4,7,14H,5-6,8H2,1-2H3,(H,13,15). The highest BCUT2D eigenvalue weighted by molar-refractivity contribution is 8.00. The molecule has 0 aliphatic carbocycles. The SMILES string of the molecule is Cc1ccc(SCC(=O)NCCO)c(C)c1. The first-order chi connectivity index (χ1) is 7.63. The van der Waals surface area contributed by atoms with Gasteiger partial charge in [-0.15, -0.1) is 11.8 Å². The summed E-state index contributed by atoms with van der Waals surface area (Å²) in [5.74, 6) is 0.350. The van der Waals surface area contributed by atoms with Crippen LogP contribution in [0.15, 0.2) is 23.1 Å². The first kappa shape index (κ1) is 13.1. The molecular formula is C12H17NO2S. The number of rotatable bonds is 5. The van der Waals surface area contributed by atoms with Crippen molar-refractivity contribution in [3.8, 4) is 0 Å². The molecule has 0 bridgehead atoms. The van der Waals surface area contributed by atoms with Crippen molar-refractivity contribution in [2.24, 2.45) is 0 Å². The van der Waals surface area contributed by atoms with Crippen molar-refractivity contribution in [1.82, 2.24) is 5.32 Å². The smallest absolute Gasteiger partial charge is 0.230 e. The van der Waals surface area contributed by atoms with E-state index in [0.29, 0.717) is 12.3 Å². The monoisotopic (exact) mass is 239 g/mol. The molecule has 0 heterocycles. The van der Waals surface area contributed by atoms with E-state index in [-0.39, 0.29) is 12.5 Å². The Morgan fingerprint density at radius 1 is 1.44 bits per heavy atom. The minimum atomic E-state index is -0.0426. The second kappa shape index (κ2) is 6.55. The lowest BCUT2D eigenvalue weighted by Crippen LogP contribution is -2.27. The normalized spacial score (nSPS) is 10.2. The molecule has 1 aromatic rings. The maximum Gasteiger partial charge on any atom is 0.230 e. The Labute approximate surface area is 100 Å². The predicted molar refractivity (Wildman–Crippen MR) is 66.7 cm³/mol. The summed E-state index contributed by atoms with van der Waals surface area (Å²) < 4.78 is 0. The second-order valence-electron chi connectivity index (χ2n) is 3.63. The van der Waals surface area contributed by atoms with E-state index in [2.05, 4.69) is 18.3 Å². The van der Waals surface area contributed by atoms with Gasteiger partial charge in [-0.2, -0.15) is 0 Å². The lowest BCUT2D eigenvalue weighted by atomic mass is 10.2. The van der Waals surface area contributed by atoms with Gasteiger partial charge in [0.2, 0.25) is 5.91 Å². The number of aliphatic hydroxyl groups is 1. The number of hydrogen-bond donors (Lipinski definition) is 2. The highest BCUT2D eigenvalue weighted by Gasteiger charge is 2.04. The lowest BCUT2D eigenvalue weighted by Gasteiger charge is -2.06. The van der Waals surface area contributed by atoms with Crippen LogP contribution in [0, 0.1) is 13.8 Å². The maximum atomic E-state index is 11.3. The average Bonchev–Trinajstić information content (AvgIpc) is 2.25. The van der Waals surface area contributed by atoms with Crippen LogP contribution >= 0.6 is 11.8 Å². The Morgan fingerprint density at radius 3 is 2.81 bits per heavy atom. The first-order valence-corrected chi connectivity index (χ1v) is 6.19. The van der Waals surface area contributed by atoms with E-state index in [1.807, 2.05) is 19.1 Å². The number of carbonyl (C=O) groups is 1. The van der Waals surface area contributed by atoms with Crippen molar-refractivity contribution in [1.29, 1.82) is 0 Å². The van der Waals surface area contributed by atoms with Crippen molar-refractivity contribution in [2.45, 2.75) is 18.7 Å². The predicted octanol–water partition coefficient (Wildman–Crippen LogP) is 1.50. The molecule has 0 saturated carbocycles. The summed E-state index contributed by atoms with van der Waals surface area (Å²) in [7, 11) is 0. The van der Waals surface area contributed by atoms with E-state index in [4.69, 9.17) is 5.11 Å². The number of thioether (sulfide) groups is 1. The van der Waals surface area contributed by atoms with Crippen LogP contribution in [-0.4, -0.2) is 29.9 Å². The minimum absolute atomic E-state index is 0.0139. The van der Waals surface area contributed by atoms with Crippen LogP contribution in [0.4, 0.5) is 0 Å². The zero-order valence-electron chi connectivity index (χ0n) is 9.62. The topological polar surface area (TPSA) is 49.3 Å². The number of aliphatic hydroxyl groups excluding tert-OH is 1. The van der Waals surface area contributed by atoms with Crippen molar-refractivity contribution in [3.63, 3.8) is 0 Å². The van der Waals surface area contributed by atoms with Gasteiger partial charge < -0.3 is 10.4 Å². The van der Waals surface area contributed by atoms with Crippen molar-refractivity contribution < 1.29 is 9.90 Å². The first-order valence-electron chi connectivity index (χ1n) is 5.21. The van der Waals surface area contributed by atoms with E-state index < -0.39 is 0 Å². The molecule has 0 saturated heterocycles. The van der Waals surface area contributed by atoms with Gasteiger partial charge in [0.25, 0.3) is 0 Å². The summed E-state index contributed by atoms with van der Waals surface area (Å²) in [6, 6.07) is 6.18. The van der Waals surface area contributed by atoms with Crippen LogP contribution in [0.5, 0.6) is 0 Å². The third kappa shape index (κ3) is 4.24. The molecule has 1 rings (SSSR count). The molecule has 2 N–H and O–H groups in total. The van der Waals surface area contributed by atoms with Crippen LogP contribution in [0.3, 0.4) is 0 Å². The quantitative estimate of drug-likeness (QED) is 0.766. The van der Waals surface area contributed by atoms with Crippen LogP contribution in [0.25, 0.3) is 0 Å². The van der Waals surface area contributed by atoms with E-state index in [1.165, 1.54) is 22.9 Å². The van der Waals surface area contributed by atoms with Crippen LogP contribution in [0.2, 0.25) is 0 Å². The fourth-order valence-corrected chi connectivity index (χ4v) is 2.19. The second-order valence-corrected chi connectivity index (χ2v) is 4.65. The number of nitrogens with one attached hydrogen (secondary N) is 1. The fraction of sp³-hybridized carbons (Fsp3) is 0.417. The molecule has 1 aromatic carbocycles. The summed E-state index contributed by atoms with van der Waals surface area (Å²) >= 11 is 1.52. The average molecular weight is 239 g/mol. The van der Waals surface area contributed by atoms with Crippen molar-refractivity contribution in [3.05, 3.63) is 29.3 Å². The van der Waals surface area contributed by atoms with Crippen LogP contribution in [-0.2, 0) is 4.79 Å². The zero-order chi connectivity index (χ0) is 12.0. The highest BCUT2D eigenvalue weighted by atomic mass is 32.2. The number of amides is 1. The molecular weight excluding hydrogens is 222 g/mol. The van der Waals surface area contributed by atoms with Gasteiger partial charge in [0.05, 0.1) is 12.4 Å². The minimum Gasteiger partial charge on any atom is -0.395 e. The molecule has 0 aromatic heterocycles. The molecule has 0 aliphatic rings. The Kier molecular flexibility index (Phi) is 5.35. The summed E-state index contributed by atoms with van der Waals surface area (Å²) in [4.78, 5) is 12.4. The lowest BCUT2D eigenvalue weighted by molar-refractivity contribution is -0.118. The van der Waals surface area contributed by atoms with E-state index in [1.54, 1.807) is 0 Å². The molecule has 3 nitrogen and oxygen atoms in total. The Hall–Kier alpha value is -1.00. The molecule has 0 fully saturated rings. The molecule has 0 aliphatic heterocycles. The molecule has 88 valence electrons. The summed E-state index contributed by atoms with van der Waals surface area (Å²) in [6.07, 6.45) is 0. The zero-order valence-corrected chi connectivity index (χ0v) is 10.4. The molecule has 16 heavy (non-hydrogen) atoms. The Morgan fingerprint density at radius 2 is 2.19 bits per heavy atom. The summed E-state index contributed by atoms with van der Waals surface area (Å²) in [5.41, 5.74) is 2.42. The number of aryl methyl sites for hydroxylation is 2. The number of hydrogen-bond acceptors (Lipinski definition) is 3. The van der Waals surface area contributed by atoms with Gasteiger partial charge in [-0.05, 0) is 25.5 Å². The van der Waals surface area contributed by atoms with E-state index in [0.717, 1.165) is 4.90 Å². The molecule has 1 amide bonds. The highest BCUT2D eigenvalue weighted by Crippen LogP contribution is 2.22. The van der Waals surface area contributed by atoms with Gasteiger partial charge in [0, 0.05) is 11.4 Å². The third-order valence-electron chi connectivity index (χ3n) is 2.12. The third-order valence-corrected chi connectivity index (χ3v) is 3.30. The maximum absolute atomic E-state index is 11.3. The van der Waals surface area contributed by atoms with Gasteiger partial charge in [-0.1, -0.05) is 17.7 Å². The van der Waals surface area contributed by atoms with Crippen LogP contribution in [0.1, 0.15) is 11.1 Å². The van der Waals surface area contributed by atoms with Crippen LogP contribution < -0.4 is 5.32 Å². The van der Waals surface area contributed by atoms with E-state index in [9.17, 15) is 4.79 Å². The summed E-state index contributed by atoms with van der Waals surface area (Å²) in [6.45, 7) is 4.41. The molecule has 0 radical (unpaired) electrons. The number of carbonyl (C=O) groups excluding carboxylic acids is 1. The largest absolute Gasteiger partial charge is 0.395 e. The van der Waals surface area contributed by atoms with Gasteiger partial charge in [-0.25, -0.2) is 0 Å².